The summed E-state index contributed by atoms with van der Waals surface area (Å²) < 4.78 is 0.977. The highest BCUT2D eigenvalue weighted by Gasteiger charge is 2.47. The molecule has 1 saturated heterocycles. The summed E-state index contributed by atoms with van der Waals surface area (Å²) in [5.74, 6) is 0.378. The number of nitrogens with one attached hydrogen (secondary N) is 1. The minimum atomic E-state index is -0.767. The van der Waals surface area contributed by atoms with Gasteiger partial charge in [-0.2, -0.15) is 0 Å². The fourth-order valence-electron chi connectivity index (χ4n) is 2.41. The molecular formula is C16H21BrN2O2. The maximum atomic E-state index is 12.6. The normalized spacial score (nSPS) is 22.0. The van der Waals surface area contributed by atoms with E-state index < -0.39 is 5.54 Å². The van der Waals surface area contributed by atoms with Gasteiger partial charge in [0.2, 0.25) is 0 Å². The van der Waals surface area contributed by atoms with Crippen LogP contribution in [0.25, 0.3) is 0 Å². The van der Waals surface area contributed by atoms with Gasteiger partial charge in [0.25, 0.3) is 5.91 Å². The molecule has 5 heteroatoms. The van der Waals surface area contributed by atoms with Gasteiger partial charge in [-0.25, -0.2) is 4.79 Å². The molecule has 1 aromatic rings. The Balaban J connectivity index is 2.09. The molecule has 0 aromatic heterocycles. The topological polar surface area (TPSA) is 49.4 Å². The molecule has 1 atom stereocenters. The first-order chi connectivity index (χ1) is 9.82. The van der Waals surface area contributed by atoms with E-state index in [9.17, 15) is 9.59 Å². The van der Waals surface area contributed by atoms with E-state index in [0.29, 0.717) is 18.9 Å². The molecule has 0 bridgehead atoms. The van der Waals surface area contributed by atoms with Gasteiger partial charge in [-0.15, -0.1) is 0 Å². The number of rotatable bonds is 5. The van der Waals surface area contributed by atoms with Crippen LogP contribution < -0.4 is 5.32 Å². The molecule has 21 heavy (non-hydrogen) atoms. The second-order valence-electron chi connectivity index (χ2n) is 6.21. The Morgan fingerprint density at radius 1 is 1.24 bits per heavy atom. The largest absolute Gasteiger partial charge is 0.325 e. The Kier molecular flexibility index (Phi) is 4.71. The number of hydrogen-bond acceptors (Lipinski definition) is 2. The molecular weight excluding hydrogens is 332 g/mol. The number of halogens is 1. The van der Waals surface area contributed by atoms with Crippen LogP contribution in [0, 0.1) is 5.92 Å². The average molecular weight is 353 g/mol. The molecule has 1 fully saturated rings. The quantitative estimate of drug-likeness (QED) is 0.821. The summed E-state index contributed by atoms with van der Waals surface area (Å²) in [5, 5.41) is 2.85. The van der Waals surface area contributed by atoms with Crippen molar-refractivity contribution in [3.8, 4) is 0 Å². The highest BCUT2D eigenvalue weighted by Crippen LogP contribution is 2.26. The summed E-state index contributed by atoms with van der Waals surface area (Å²) in [5.41, 5.74) is 0.172. The summed E-state index contributed by atoms with van der Waals surface area (Å²) >= 11 is 3.37. The number of carbonyl (C=O) groups excluding carboxylic acids is 2. The van der Waals surface area contributed by atoms with Gasteiger partial charge in [-0.05, 0) is 43.4 Å². The summed E-state index contributed by atoms with van der Waals surface area (Å²) in [6.45, 7) is 6.36. The van der Waals surface area contributed by atoms with E-state index in [1.807, 2.05) is 31.2 Å². The fraction of sp³-hybridized carbons (Fsp3) is 0.500. The fourth-order valence-corrected chi connectivity index (χ4v) is 2.67. The van der Waals surface area contributed by atoms with Crippen molar-refractivity contribution in [2.45, 2.75) is 45.7 Å². The van der Waals surface area contributed by atoms with E-state index >= 15 is 0 Å². The summed E-state index contributed by atoms with van der Waals surface area (Å²) in [7, 11) is 0. The molecule has 0 aliphatic carbocycles. The van der Waals surface area contributed by atoms with Crippen LogP contribution in [0.4, 0.5) is 4.79 Å². The van der Waals surface area contributed by atoms with Crippen molar-refractivity contribution >= 4 is 27.9 Å². The molecule has 1 heterocycles. The Morgan fingerprint density at radius 2 is 1.86 bits per heavy atom. The van der Waals surface area contributed by atoms with Gasteiger partial charge in [-0.3, -0.25) is 9.69 Å². The van der Waals surface area contributed by atoms with Crippen LogP contribution >= 0.6 is 15.9 Å². The van der Waals surface area contributed by atoms with E-state index in [1.54, 1.807) is 0 Å². The lowest BCUT2D eigenvalue weighted by Gasteiger charge is -2.22. The van der Waals surface area contributed by atoms with Crippen LogP contribution in [0.2, 0.25) is 0 Å². The van der Waals surface area contributed by atoms with Gasteiger partial charge in [0.15, 0.2) is 0 Å². The molecule has 1 N–H and O–H groups in total. The molecule has 2 rings (SSSR count). The minimum Gasteiger partial charge on any atom is -0.323 e. The second kappa shape index (κ2) is 6.18. The molecule has 0 radical (unpaired) electrons. The van der Waals surface area contributed by atoms with Gasteiger partial charge in [0, 0.05) is 4.47 Å². The Hall–Kier alpha value is -1.36. The molecule has 1 unspecified atom stereocenters. The van der Waals surface area contributed by atoms with Gasteiger partial charge in [0.1, 0.15) is 5.54 Å². The van der Waals surface area contributed by atoms with Gasteiger partial charge in [0.05, 0.1) is 6.54 Å². The number of carbonyl (C=O) groups is 2. The smallest absolute Gasteiger partial charge is 0.323 e. The van der Waals surface area contributed by atoms with Crippen LogP contribution in [-0.2, 0) is 11.3 Å². The predicted molar refractivity (Wildman–Crippen MR) is 85.7 cm³/mol. The molecule has 114 valence electrons. The lowest BCUT2D eigenvalue weighted by molar-refractivity contribution is -0.131. The van der Waals surface area contributed by atoms with Gasteiger partial charge < -0.3 is 5.32 Å². The number of urea groups is 1. The first-order valence-electron chi connectivity index (χ1n) is 7.20. The second-order valence-corrected chi connectivity index (χ2v) is 7.13. The predicted octanol–water partition coefficient (Wildman–Crippen LogP) is 3.70. The molecule has 0 saturated carbocycles. The number of nitrogens with zero attached hydrogens (tertiary/aromatic N) is 1. The lowest BCUT2D eigenvalue weighted by atomic mass is 9.92. The zero-order valence-corrected chi connectivity index (χ0v) is 14.2. The highest BCUT2D eigenvalue weighted by atomic mass is 79.9. The van der Waals surface area contributed by atoms with Crippen molar-refractivity contribution in [1.82, 2.24) is 10.2 Å². The van der Waals surface area contributed by atoms with Crippen LogP contribution in [-0.4, -0.2) is 22.4 Å². The monoisotopic (exact) mass is 352 g/mol. The van der Waals surface area contributed by atoms with Crippen molar-refractivity contribution in [2.75, 3.05) is 0 Å². The summed E-state index contributed by atoms with van der Waals surface area (Å²) in [4.78, 5) is 26.0. The van der Waals surface area contributed by atoms with Gasteiger partial charge in [-0.1, -0.05) is 41.9 Å². The molecule has 3 amide bonds. The first kappa shape index (κ1) is 16.0. The van der Waals surface area contributed by atoms with E-state index in [1.165, 1.54) is 4.90 Å². The SMILES string of the molecule is CC(C)CCC1(C)NC(=O)N(Cc2ccc(Br)cc2)C1=O. The Labute approximate surface area is 134 Å². The van der Waals surface area contributed by atoms with E-state index in [4.69, 9.17) is 0 Å². The Bertz CT molecular complexity index is 542. The summed E-state index contributed by atoms with van der Waals surface area (Å²) in [6, 6.07) is 7.34. The highest BCUT2D eigenvalue weighted by molar-refractivity contribution is 9.10. The van der Waals surface area contributed by atoms with Crippen molar-refractivity contribution in [3.63, 3.8) is 0 Å². The molecule has 0 spiro atoms. The molecule has 1 aromatic carbocycles. The van der Waals surface area contributed by atoms with Crippen molar-refractivity contribution in [2.24, 2.45) is 5.92 Å². The van der Waals surface area contributed by atoms with Gasteiger partial charge >= 0.3 is 6.03 Å². The third kappa shape index (κ3) is 3.64. The van der Waals surface area contributed by atoms with E-state index in [-0.39, 0.29) is 11.9 Å². The number of benzene rings is 1. The number of hydrogen-bond donors (Lipinski definition) is 1. The lowest BCUT2D eigenvalue weighted by Crippen LogP contribution is -2.44. The average Bonchev–Trinajstić information content (AvgIpc) is 2.63. The van der Waals surface area contributed by atoms with Crippen molar-refractivity contribution in [3.05, 3.63) is 34.3 Å². The van der Waals surface area contributed by atoms with Crippen LogP contribution in [0.5, 0.6) is 0 Å². The van der Waals surface area contributed by atoms with Crippen LogP contribution in [0.1, 0.15) is 39.2 Å². The van der Waals surface area contributed by atoms with Crippen LogP contribution in [0.15, 0.2) is 28.7 Å². The number of amides is 3. The molecule has 1 aliphatic rings. The third-order valence-corrected chi connectivity index (χ3v) is 4.35. The zero-order chi connectivity index (χ0) is 15.6. The van der Waals surface area contributed by atoms with Crippen molar-refractivity contribution < 1.29 is 9.59 Å². The van der Waals surface area contributed by atoms with E-state index in [0.717, 1.165) is 16.5 Å². The maximum Gasteiger partial charge on any atom is 0.325 e. The standard InChI is InChI=1S/C16H21BrN2O2/c1-11(2)8-9-16(3)14(20)19(15(21)18-16)10-12-4-6-13(17)7-5-12/h4-7,11H,8-10H2,1-3H3,(H,18,21). The Morgan fingerprint density at radius 3 is 2.43 bits per heavy atom. The molecule has 1 aliphatic heterocycles. The van der Waals surface area contributed by atoms with Crippen molar-refractivity contribution in [1.29, 1.82) is 0 Å². The summed E-state index contributed by atoms with van der Waals surface area (Å²) in [6.07, 6.45) is 1.58. The third-order valence-electron chi connectivity index (χ3n) is 3.82. The number of imide groups is 1. The minimum absolute atomic E-state index is 0.129. The zero-order valence-electron chi connectivity index (χ0n) is 12.6. The first-order valence-corrected chi connectivity index (χ1v) is 8.00. The van der Waals surface area contributed by atoms with E-state index in [2.05, 4.69) is 35.1 Å². The maximum absolute atomic E-state index is 12.6. The molecule has 4 nitrogen and oxygen atoms in total. The van der Waals surface area contributed by atoms with Crippen LogP contribution in [0.3, 0.4) is 0 Å².